The largest absolute Gasteiger partial charge is 0.369 e. The molecule has 0 aliphatic heterocycles. The maximum absolute atomic E-state index is 11.4. The van der Waals surface area contributed by atoms with Gasteiger partial charge in [0.15, 0.2) is 0 Å². The Morgan fingerprint density at radius 2 is 2.24 bits per heavy atom. The van der Waals surface area contributed by atoms with E-state index in [-0.39, 0.29) is 17.9 Å². The first-order valence-electron chi connectivity index (χ1n) is 6.25. The summed E-state index contributed by atoms with van der Waals surface area (Å²) in [5, 5.41) is 3.49. The zero-order valence-corrected chi connectivity index (χ0v) is 11.1. The van der Waals surface area contributed by atoms with Crippen molar-refractivity contribution in [1.82, 2.24) is 5.32 Å². The predicted molar refractivity (Wildman–Crippen MR) is 70.8 cm³/mol. The van der Waals surface area contributed by atoms with E-state index < -0.39 is 0 Å². The molecule has 1 aromatic rings. The van der Waals surface area contributed by atoms with Gasteiger partial charge < -0.3 is 11.1 Å². The molecule has 0 aromatic carbocycles. The Balaban J connectivity index is 1.90. The van der Waals surface area contributed by atoms with E-state index in [0.717, 1.165) is 25.8 Å². The highest BCUT2D eigenvalue weighted by atomic mass is 32.1. The van der Waals surface area contributed by atoms with Crippen LogP contribution >= 0.6 is 11.3 Å². The third kappa shape index (κ3) is 3.30. The summed E-state index contributed by atoms with van der Waals surface area (Å²) in [7, 11) is 0. The van der Waals surface area contributed by atoms with Gasteiger partial charge in [0.05, 0.1) is 5.92 Å². The molecule has 1 aliphatic rings. The van der Waals surface area contributed by atoms with Gasteiger partial charge in [-0.25, -0.2) is 0 Å². The van der Waals surface area contributed by atoms with Crippen LogP contribution in [0.25, 0.3) is 0 Å². The highest BCUT2D eigenvalue weighted by Crippen LogP contribution is 2.25. The molecule has 0 bridgehead atoms. The highest BCUT2D eigenvalue weighted by Gasteiger charge is 2.28. The molecular weight excluding hydrogens is 232 g/mol. The van der Waals surface area contributed by atoms with Crippen LogP contribution in [0, 0.1) is 12.8 Å². The standard InChI is InChI=1S/C13H20N2OS/c1-9-6-7-10(17-9)8-15-12-5-3-2-4-11(12)13(14)16/h6-7,11-12,15H,2-5,8H2,1H3,(H2,14,16)/t11-,12-/m1/s1. The second-order valence-electron chi connectivity index (χ2n) is 4.79. The zero-order chi connectivity index (χ0) is 12.3. The molecule has 0 radical (unpaired) electrons. The summed E-state index contributed by atoms with van der Waals surface area (Å²) in [4.78, 5) is 14.0. The van der Waals surface area contributed by atoms with Crippen LogP contribution in [0.1, 0.15) is 35.4 Å². The Morgan fingerprint density at radius 3 is 2.88 bits per heavy atom. The number of amides is 1. The smallest absolute Gasteiger partial charge is 0.222 e. The van der Waals surface area contributed by atoms with Gasteiger partial charge in [-0.05, 0) is 31.9 Å². The van der Waals surface area contributed by atoms with E-state index in [2.05, 4.69) is 24.4 Å². The van der Waals surface area contributed by atoms with Crippen LogP contribution in [0.4, 0.5) is 0 Å². The summed E-state index contributed by atoms with van der Waals surface area (Å²) in [6, 6.07) is 4.55. The van der Waals surface area contributed by atoms with E-state index >= 15 is 0 Å². The van der Waals surface area contributed by atoms with Crippen molar-refractivity contribution in [2.75, 3.05) is 0 Å². The lowest BCUT2D eigenvalue weighted by Crippen LogP contribution is -2.44. The van der Waals surface area contributed by atoms with Crippen LogP contribution in [0.2, 0.25) is 0 Å². The van der Waals surface area contributed by atoms with Crippen molar-refractivity contribution in [3.8, 4) is 0 Å². The van der Waals surface area contributed by atoms with E-state index in [9.17, 15) is 4.79 Å². The van der Waals surface area contributed by atoms with Gasteiger partial charge in [0.1, 0.15) is 0 Å². The fourth-order valence-electron chi connectivity index (χ4n) is 2.53. The lowest BCUT2D eigenvalue weighted by Gasteiger charge is -2.30. The van der Waals surface area contributed by atoms with Crippen LogP contribution in [0.5, 0.6) is 0 Å². The Morgan fingerprint density at radius 1 is 1.47 bits per heavy atom. The number of hydrogen-bond donors (Lipinski definition) is 2. The molecule has 3 nitrogen and oxygen atoms in total. The molecule has 0 unspecified atom stereocenters. The highest BCUT2D eigenvalue weighted by molar-refractivity contribution is 7.11. The van der Waals surface area contributed by atoms with Gasteiger partial charge in [-0.2, -0.15) is 0 Å². The molecule has 0 saturated heterocycles. The number of hydrogen-bond acceptors (Lipinski definition) is 3. The Labute approximate surface area is 106 Å². The van der Waals surface area contributed by atoms with E-state index in [1.807, 2.05) is 11.3 Å². The van der Waals surface area contributed by atoms with Crippen molar-refractivity contribution in [3.05, 3.63) is 21.9 Å². The summed E-state index contributed by atoms with van der Waals surface area (Å²) < 4.78 is 0. The minimum absolute atomic E-state index is 0.0183. The van der Waals surface area contributed by atoms with E-state index in [4.69, 9.17) is 5.73 Å². The monoisotopic (exact) mass is 252 g/mol. The molecule has 1 aromatic heterocycles. The minimum Gasteiger partial charge on any atom is -0.369 e. The van der Waals surface area contributed by atoms with Crippen molar-refractivity contribution in [2.45, 2.75) is 45.2 Å². The molecule has 1 aliphatic carbocycles. The number of nitrogens with two attached hydrogens (primary N) is 1. The van der Waals surface area contributed by atoms with Gasteiger partial charge in [0, 0.05) is 22.3 Å². The van der Waals surface area contributed by atoms with Gasteiger partial charge in [0.25, 0.3) is 0 Å². The predicted octanol–water partition coefficient (Wildman–Crippen LogP) is 2.19. The fourth-order valence-corrected chi connectivity index (χ4v) is 3.37. The summed E-state index contributed by atoms with van der Waals surface area (Å²) in [5.74, 6) is -0.130. The van der Waals surface area contributed by atoms with Gasteiger partial charge in [-0.15, -0.1) is 11.3 Å². The average Bonchev–Trinajstić information content (AvgIpc) is 2.73. The number of aryl methyl sites for hydroxylation is 1. The second kappa shape index (κ2) is 5.65. The van der Waals surface area contributed by atoms with E-state index in [0.29, 0.717) is 0 Å². The maximum atomic E-state index is 11.4. The van der Waals surface area contributed by atoms with Gasteiger partial charge in [-0.1, -0.05) is 12.8 Å². The number of carbonyl (C=O) groups excluding carboxylic acids is 1. The van der Waals surface area contributed by atoms with E-state index in [1.165, 1.54) is 16.2 Å². The van der Waals surface area contributed by atoms with Gasteiger partial charge in [0.2, 0.25) is 5.91 Å². The summed E-state index contributed by atoms with van der Waals surface area (Å²) in [5.41, 5.74) is 5.45. The molecule has 2 rings (SSSR count). The van der Waals surface area contributed by atoms with Crippen LogP contribution in [-0.4, -0.2) is 11.9 Å². The number of rotatable bonds is 4. The third-order valence-corrected chi connectivity index (χ3v) is 4.47. The second-order valence-corrected chi connectivity index (χ2v) is 6.17. The maximum Gasteiger partial charge on any atom is 0.222 e. The van der Waals surface area contributed by atoms with Crippen LogP contribution in [-0.2, 0) is 11.3 Å². The van der Waals surface area contributed by atoms with Crippen molar-refractivity contribution in [1.29, 1.82) is 0 Å². The lowest BCUT2D eigenvalue weighted by atomic mass is 9.84. The van der Waals surface area contributed by atoms with Crippen LogP contribution < -0.4 is 11.1 Å². The van der Waals surface area contributed by atoms with E-state index in [1.54, 1.807) is 0 Å². The topological polar surface area (TPSA) is 55.1 Å². The normalized spacial score (nSPS) is 24.8. The van der Waals surface area contributed by atoms with Gasteiger partial charge >= 0.3 is 0 Å². The Hall–Kier alpha value is -0.870. The first-order chi connectivity index (χ1) is 8.16. The molecule has 1 fully saturated rings. The Kier molecular flexibility index (Phi) is 4.18. The molecular formula is C13H20N2OS. The van der Waals surface area contributed by atoms with Crippen molar-refractivity contribution in [3.63, 3.8) is 0 Å². The molecule has 4 heteroatoms. The first-order valence-corrected chi connectivity index (χ1v) is 7.06. The first kappa shape index (κ1) is 12.6. The van der Waals surface area contributed by atoms with Gasteiger partial charge in [-0.3, -0.25) is 4.79 Å². The third-order valence-electron chi connectivity index (χ3n) is 3.47. The molecule has 1 heterocycles. The van der Waals surface area contributed by atoms with Crippen molar-refractivity contribution < 1.29 is 4.79 Å². The fraction of sp³-hybridized carbons (Fsp3) is 0.615. The number of thiophene rings is 1. The molecule has 94 valence electrons. The molecule has 17 heavy (non-hydrogen) atoms. The molecule has 1 amide bonds. The summed E-state index contributed by atoms with van der Waals surface area (Å²) in [6.07, 6.45) is 4.34. The minimum atomic E-state index is -0.149. The number of nitrogens with one attached hydrogen (secondary N) is 1. The SMILES string of the molecule is Cc1ccc(CN[C@@H]2CCCC[C@H]2C(N)=O)s1. The lowest BCUT2D eigenvalue weighted by molar-refractivity contribution is -0.123. The quantitative estimate of drug-likeness (QED) is 0.863. The van der Waals surface area contributed by atoms with Crippen molar-refractivity contribution in [2.24, 2.45) is 11.7 Å². The Bertz CT molecular complexity index is 389. The van der Waals surface area contributed by atoms with Crippen molar-refractivity contribution >= 4 is 17.2 Å². The summed E-state index contributed by atoms with van der Waals surface area (Å²) >= 11 is 1.81. The molecule has 1 saturated carbocycles. The average molecular weight is 252 g/mol. The zero-order valence-electron chi connectivity index (χ0n) is 10.2. The molecule has 2 atom stereocenters. The number of primary amides is 1. The van der Waals surface area contributed by atoms with Crippen LogP contribution in [0.3, 0.4) is 0 Å². The molecule has 3 N–H and O–H groups in total. The molecule has 0 spiro atoms. The number of carbonyl (C=O) groups is 1. The summed E-state index contributed by atoms with van der Waals surface area (Å²) in [6.45, 7) is 2.97. The van der Waals surface area contributed by atoms with Crippen LogP contribution in [0.15, 0.2) is 12.1 Å².